The summed E-state index contributed by atoms with van der Waals surface area (Å²) in [6.45, 7) is 6.23. The molecule has 1 aliphatic rings. The van der Waals surface area contributed by atoms with Crippen molar-refractivity contribution in [2.24, 2.45) is 0 Å². The average Bonchev–Trinajstić information content (AvgIpc) is 2.66. The third kappa shape index (κ3) is 4.95. The summed E-state index contributed by atoms with van der Waals surface area (Å²) in [6, 6.07) is 17.5. The number of amides is 1. The normalized spacial score (nSPS) is 14.5. The summed E-state index contributed by atoms with van der Waals surface area (Å²) < 4.78 is 11.5. The Balaban J connectivity index is 1.47. The summed E-state index contributed by atoms with van der Waals surface area (Å²) in [5.74, 6) is 1.44. The van der Waals surface area contributed by atoms with Gasteiger partial charge in [-0.15, -0.1) is 0 Å². The minimum atomic E-state index is -0.265. The van der Waals surface area contributed by atoms with Crippen LogP contribution in [0.2, 0.25) is 0 Å². The molecule has 1 amide bonds. The van der Waals surface area contributed by atoms with E-state index in [-0.39, 0.29) is 24.5 Å². The Morgan fingerprint density at radius 1 is 1.18 bits per heavy atom. The van der Waals surface area contributed by atoms with Crippen LogP contribution in [0.25, 0.3) is 0 Å². The molecule has 0 unspecified atom stereocenters. The second-order valence-corrected chi connectivity index (χ2v) is 6.76. The van der Waals surface area contributed by atoms with Crippen LogP contribution in [0.15, 0.2) is 48.5 Å². The fourth-order valence-corrected chi connectivity index (χ4v) is 3.12. The molecule has 0 spiro atoms. The molecule has 1 atom stereocenters. The number of carbonyl (C=O) groups is 1. The van der Waals surface area contributed by atoms with E-state index in [1.54, 1.807) is 0 Å². The molecule has 1 fully saturated rings. The smallest absolute Gasteiger partial charge is 0.234 e. The number of ether oxygens (including phenoxy) is 2. The highest BCUT2D eigenvalue weighted by atomic mass is 16.5. The number of benzene rings is 2. The maximum atomic E-state index is 11.5. The highest BCUT2D eigenvalue weighted by Gasteiger charge is 2.28. The lowest BCUT2D eigenvalue weighted by Crippen LogP contribution is -2.54. The number of carbonyl (C=O) groups excluding carboxylic acids is 1. The molecular formula is C22H25N3O3. The van der Waals surface area contributed by atoms with Crippen LogP contribution < -0.4 is 19.7 Å². The molecule has 0 saturated carbocycles. The van der Waals surface area contributed by atoms with Crippen molar-refractivity contribution in [3.8, 4) is 17.6 Å². The largest absolute Gasteiger partial charge is 0.494 e. The van der Waals surface area contributed by atoms with E-state index in [0.717, 1.165) is 30.2 Å². The van der Waals surface area contributed by atoms with Gasteiger partial charge in [-0.05, 0) is 55.8 Å². The summed E-state index contributed by atoms with van der Waals surface area (Å²) in [6.07, 6.45) is 0.0307. The topological polar surface area (TPSA) is 74.6 Å². The van der Waals surface area contributed by atoms with Crippen molar-refractivity contribution in [1.29, 1.82) is 5.26 Å². The average molecular weight is 379 g/mol. The standard InChI is InChI=1S/C22H25N3O3/c1-3-27-19-10-6-18(7-11-19)25-14-21(15-25)28-20-8-4-17(5-9-20)16(2)24-22(26)12-13-23/h4-11,16,21H,3,12,14-15H2,1-2H3,(H,24,26)/t16-/m0/s1. The zero-order valence-corrected chi connectivity index (χ0v) is 16.2. The molecule has 28 heavy (non-hydrogen) atoms. The molecule has 1 aliphatic heterocycles. The zero-order chi connectivity index (χ0) is 19.9. The van der Waals surface area contributed by atoms with Crippen molar-refractivity contribution in [3.05, 3.63) is 54.1 Å². The highest BCUT2D eigenvalue weighted by molar-refractivity contribution is 5.78. The van der Waals surface area contributed by atoms with Crippen molar-refractivity contribution in [3.63, 3.8) is 0 Å². The molecule has 6 heteroatoms. The van der Waals surface area contributed by atoms with Gasteiger partial charge in [-0.2, -0.15) is 5.26 Å². The molecule has 2 aromatic rings. The van der Waals surface area contributed by atoms with Gasteiger partial charge in [-0.3, -0.25) is 4.79 Å². The monoisotopic (exact) mass is 379 g/mol. The van der Waals surface area contributed by atoms with Crippen LogP contribution in [0.1, 0.15) is 31.9 Å². The number of nitrogens with zero attached hydrogens (tertiary/aromatic N) is 2. The Kier molecular flexibility index (Phi) is 6.38. The van der Waals surface area contributed by atoms with E-state index in [2.05, 4.69) is 22.3 Å². The second-order valence-electron chi connectivity index (χ2n) is 6.76. The molecule has 0 radical (unpaired) electrons. The van der Waals surface area contributed by atoms with E-state index in [9.17, 15) is 4.79 Å². The van der Waals surface area contributed by atoms with Crippen LogP contribution in [0.4, 0.5) is 5.69 Å². The molecule has 3 rings (SSSR count). The molecule has 6 nitrogen and oxygen atoms in total. The molecule has 1 N–H and O–H groups in total. The van der Waals surface area contributed by atoms with Crippen molar-refractivity contribution >= 4 is 11.6 Å². The Labute approximate surface area is 165 Å². The molecule has 1 saturated heterocycles. The van der Waals surface area contributed by atoms with E-state index in [0.29, 0.717) is 6.61 Å². The number of hydrogen-bond acceptors (Lipinski definition) is 5. The van der Waals surface area contributed by atoms with Gasteiger partial charge in [0.25, 0.3) is 0 Å². The van der Waals surface area contributed by atoms with Crippen LogP contribution in [-0.2, 0) is 4.79 Å². The Morgan fingerprint density at radius 2 is 1.82 bits per heavy atom. The predicted octanol–water partition coefficient (Wildman–Crippen LogP) is 3.44. The predicted molar refractivity (Wildman–Crippen MR) is 107 cm³/mol. The Morgan fingerprint density at radius 3 is 2.43 bits per heavy atom. The van der Waals surface area contributed by atoms with Gasteiger partial charge in [-0.1, -0.05) is 12.1 Å². The maximum absolute atomic E-state index is 11.5. The van der Waals surface area contributed by atoms with E-state index in [4.69, 9.17) is 14.7 Å². The lowest BCUT2D eigenvalue weighted by atomic mass is 10.1. The first-order chi connectivity index (χ1) is 13.6. The fraction of sp³-hybridized carbons (Fsp3) is 0.364. The van der Waals surface area contributed by atoms with E-state index in [1.807, 2.05) is 56.3 Å². The second kappa shape index (κ2) is 9.14. The van der Waals surface area contributed by atoms with Crippen LogP contribution in [0.3, 0.4) is 0 Å². The third-order valence-electron chi connectivity index (χ3n) is 4.66. The number of nitriles is 1. The third-order valence-corrected chi connectivity index (χ3v) is 4.66. The summed E-state index contributed by atoms with van der Waals surface area (Å²) in [4.78, 5) is 13.8. The van der Waals surface area contributed by atoms with Crippen molar-refractivity contribution in [1.82, 2.24) is 5.32 Å². The molecular weight excluding hydrogens is 354 g/mol. The van der Waals surface area contributed by atoms with Gasteiger partial charge in [0.2, 0.25) is 5.91 Å². The Bertz CT molecular complexity index is 822. The summed E-state index contributed by atoms with van der Waals surface area (Å²) in [7, 11) is 0. The quantitative estimate of drug-likeness (QED) is 0.760. The molecule has 0 bridgehead atoms. The first-order valence-corrected chi connectivity index (χ1v) is 9.49. The minimum absolute atomic E-state index is 0.127. The van der Waals surface area contributed by atoms with Gasteiger partial charge in [0.1, 0.15) is 24.0 Å². The number of hydrogen-bond donors (Lipinski definition) is 1. The first-order valence-electron chi connectivity index (χ1n) is 9.49. The van der Waals surface area contributed by atoms with E-state index in [1.165, 1.54) is 5.69 Å². The summed E-state index contributed by atoms with van der Waals surface area (Å²) in [5.41, 5.74) is 2.14. The van der Waals surface area contributed by atoms with Crippen LogP contribution >= 0.6 is 0 Å². The van der Waals surface area contributed by atoms with Crippen LogP contribution in [0.5, 0.6) is 11.5 Å². The van der Waals surface area contributed by atoms with Crippen molar-refractivity contribution in [2.45, 2.75) is 32.4 Å². The summed E-state index contributed by atoms with van der Waals surface area (Å²) in [5, 5.41) is 11.4. The highest BCUT2D eigenvalue weighted by Crippen LogP contribution is 2.26. The van der Waals surface area contributed by atoms with E-state index < -0.39 is 0 Å². The maximum Gasteiger partial charge on any atom is 0.234 e. The van der Waals surface area contributed by atoms with Gasteiger partial charge < -0.3 is 19.7 Å². The molecule has 0 aromatic heterocycles. The molecule has 0 aliphatic carbocycles. The number of nitrogens with one attached hydrogen (secondary N) is 1. The molecule has 2 aromatic carbocycles. The zero-order valence-electron chi connectivity index (χ0n) is 16.2. The summed E-state index contributed by atoms with van der Waals surface area (Å²) >= 11 is 0. The minimum Gasteiger partial charge on any atom is -0.494 e. The Hall–Kier alpha value is -3.20. The van der Waals surface area contributed by atoms with Gasteiger partial charge >= 0.3 is 0 Å². The lowest BCUT2D eigenvalue weighted by molar-refractivity contribution is -0.120. The molecule has 1 heterocycles. The van der Waals surface area contributed by atoms with Gasteiger partial charge in [-0.25, -0.2) is 0 Å². The SMILES string of the molecule is CCOc1ccc(N2CC(Oc3ccc([C@H](C)NC(=O)CC#N)cc3)C2)cc1. The van der Waals surface area contributed by atoms with Gasteiger partial charge in [0, 0.05) is 5.69 Å². The lowest BCUT2D eigenvalue weighted by Gasteiger charge is -2.40. The van der Waals surface area contributed by atoms with Crippen LogP contribution in [0, 0.1) is 11.3 Å². The molecule has 146 valence electrons. The first kappa shape index (κ1) is 19.6. The number of anilines is 1. The van der Waals surface area contributed by atoms with Gasteiger partial charge in [0.05, 0.1) is 31.8 Å². The number of rotatable bonds is 8. The van der Waals surface area contributed by atoms with Crippen molar-refractivity contribution < 1.29 is 14.3 Å². The van der Waals surface area contributed by atoms with Crippen LogP contribution in [-0.4, -0.2) is 31.7 Å². The van der Waals surface area contributed by atoms with E-state index >= 15 is 0 Å². The fourth-order valence-electron chi connectivity index (χ4n) is 3.12. The van der Waals surface area contributed by atoms with Crippen molar-refractivity contribution in [2.75, 3.05) is 24.6 Å². The van der Waals surface area contributed by atoms with Gasteiger partial charge in [0.15, 0.2) is 0 Å².